The van der Waals surface area contributed by atoms with Gasteiger partial charge in [-0.25, -0.2) is 0 Å². The zero-order chi connectivity index (χ0) is 23.5. The molecule has 0 aliphatic rings. The van der Waals surface area contributed by atoms with Crippen molar-refractivity contribution >= 4 is 39.3 Å². The van der Waals surface area contributed by atoms with Crippen LogP contribution in [0.25, 0.3) is 17.1 Å². The molecule has 0 saturated carbocycles. The Morgan fingerprint density at radius 3 is 2.27 bits per heavy atom. The SMILES string of the molecule is Cc1ccc(-n2c(SCC(=O)Nc3c(C)cc(Br)cc3C)nnc2-c2ccccc2)cc1C. The number of amides is 1. The molecule has 0 saturated heterocycles. The van der Waals surface area contributed by atoms with Gasteiger partial charge in [-0.3, -0.25) is 9.36 Å². The first kappa shape index (κ1) is 23.3. The van der Waals surface area contributed by atoms with Crippen molar-refractivity contribution in [1.82, 2.24) is 14.8 Å². The molecule has 0 unspecified atom stereocenters. The fraction of sp³-hybridized carbons (Fsp3) is 0.192. The molecule has 0 spiro atoms. The maximum absolute atomic E-state index is 12.8. The van der Waals surface area contributed by atoms with E-state index < -0.39 is 0 Å². The van der Waals surface area contributed by atoms with Crippen LogP contribution >= 0.6 is 27.7 Å². The number of benzene rings is 3. The van der Waals surface area contributed by atoms with Gasteiger partial charge in [0.25, 0.3) is 0 Å². The van der Waals surface area contributed by atoms with Gasteiger partial charge in [0.1, 0.15) is 0 Å². The predicted octanol–water partition coefficient (Wildman–Crippen LogP) is 6.66. The van der Waals surface area contributed by atoms with E-state index in [4.69, 9.17) is 0 Å². The minimum atomic E-state index is -0.0792. The number of aromatic nitrogens is 3. The van der Waals surface area contributed by atoms with Gasteiger partial charge in [0.05, 0.1) is 11.4 Å². The summed E-state index contributed by atoms with van der Waals surface area (Å²) < 4.78 is 3.02. The van der Waals surface area contributed by atoms with Crippen LogP contribution in [-0.4, -0.2) is 26.4 Å². The second-order valence-corrected chi connectivity index (χ2v) is 9.89. The van der Waals surface area contributed by atoms with E-state index in [2.05, 4.69) is 63.5 Å². The first-order chi connectivity index (χ1) is 15.8. The van der Waals surface area contributed by atoms with E-state index >= 15 is 0 Å². The first-order valence-electron chi connectivity index (χ1n) is 10.6. The van der Waals surface area contributed by atoms with E-state index in [0.29, 0.717) is 5.16 Å². The Bertz CT molecular complexity index is 1290. The highest BCUT2D eigenvalue weighted by Crippen LogP contribution is 2.30. The van der Waals surface area contributed by atoms with E-state index in [1.165, 1.54) is 22.9 Å². The molecule has 0 fully saturated rings. The van der Waals surface area contributed by atoms with Crippen molar-refractivity contribution in [2.45, 2.75) is 32.9 Å². The molecule has 0 bridgehead atoms. The number of thioether (sulfide) groups is 1. The molecule has 5 nitrogen and oxygen atoms in total. The quantitative estimate of drug-likeness (QED) is 0.288. The van der Waals surface area contributed by atoms with Crippen LogP contribution in [-0.2, 0) is 4.79 Å². The molecule has 1 heterocycles. The highest BCUT2D eigenvalue weighted by atomic mass is 79.9. The van der Waals surface area contributed by atoms with E-state index in [1.807, 2.05) is 60.9 Å². The number of carbonyl (C=O) groups excluding carboxylic acids is 1. The van der Waals surface area contributed by atoms with Crippen LogP contribution in [0.1, 0.15) is 22.3 Å². The molecule has 0 aliphatic carbocycles. The van der Waals surface area contributed by atoms with Gasteiger partial charge >= 0.3 is 0 Å². The minimum Gasteiger partial charge on any atom is -0.325 e. The number of halogens is 1. The van der Waals surface area contributed by atoms with E-state index in [0.717, 1.165) is 38.4 Å². The molecular formula is C26H25BrN4OS. The molecule has 0 atom stereocenters. The average molecular weight is 521 g/mol. The Morgan fingerprint density at radius 1 is 0.909 bits per heavy atom. The molecule has 0 radical (unpaired) electrons. The Labute approximate surface area is 206 Å². The number of hydrogen-bond acceptors (Lipinski definition) is 4. The molecule has 3 aromatic carbocycles. The fourth-order valence-corrected chi connectivity index (χ4v) is 5.09. The molecule has 1 amide bonds. The van der Waals surface area contributed by atoms with Crippen molar-refractivity contribution in [2.24, 2.45) is 0 Å². The van der Waals surface area contributed by atoms with Gasteiger partial charge in [-0.2, -0.15) is 0 Å². The lowest BCUT2D eigenvalue weighted by Crippen LogP contribution is -2.16. The van der Waals surface area contributed by atoms with Crippen LogP contribution in [0.3, 0.4) is 0 Å². The molecule has 33 heavy (non-hydrogen) atoms. The van der Waals surface area contributed by atoms with E-state index in [-0.39, 0.29) is 11.7 Å². The second kappa shape index (κ2) is 9.93. The van der Waals surface area contributed by atoms with Crippen molar-refractivity contribution in [2.75, 3.05) is 11.1 Å². The summed E-state index contributed by atoms with van der Waals surface area (Å²) in [6, 6.07) is 20.3. The average Bonchev–Trinajstić information content (AvgIpc) is 3.21. The van der Waals surface area contributed by atoms with Gasteiger partial charge in [0.15, 0.2) is 11.0 Å². The number of anilines is 1. The summed E-state index contributed by atoms with van der Waals surface area (Å²) in [6.45, 7) is 8.16. The van der Waals surface area contributed by atoms with Crippen molar-refractivity contribution < 1.29 is 4.79 Å². The van der Waals surface area contributed by atoms with Gasteiger partial charge in [-0.15, -0.1) is 10.2 Å². The van der Waals surface area contributed by atoms with Crippen LogP contribution in [0, 0.1) is 27.7 Å². The summed E-state index contributed by atoms with van der Waals surface area (Å²) in [4.78, 5) is 12.8. The summed E-state index contributed by atoms with van der Waals surface area (Å²) in [5.74, 6) is 0.901. The lowest BCUT2D eigenvalue weighted by atomic mass is 10.1. The first-order valence-corrected chi connectivity index (χ1v) is 12.4. The van der Waals surface area contributed by atoms with Gasteiger partial charge in [0, 0.05) is 15.7 Å². The van der Waals surface area contributed by atoms with Crippen molar-refractivity contribution in [1.29, 1.82) is 0 Å². The standard InChI is InChI=1S/C26H25BrN4OS/c1-16-10-11-22(14-17(16)2)31-25(20-8-6-5-7-9-20)29-30-26(31)33-15-23(32)28-24-18(3)12-21(27)13-19(24)4/h5-14H,15H2,1-4H3,(H,28,32). The summed E-state index contributed by atoms with van der Waals surface area (Å²) >= 11 is 4.88. The minimum absolute atomic E-state index is 0.0792. The van der Waals surface area contributed by atoms with Gasteiger partial charge in [-0.1, -0.05) is 64.1 Å². The van der Waals surface area contributed by atoms with Crippen molar-refractivity contribution in [3.8, 4) is 17.1 Å². The Balaban J connectivity index is 1.62. The third kappa shape index (κ3) is 5.20. The number of hydrogen-bond donors (Lipinski definition) is 1. The molecule has 1 aromatic heterocycles. The molecular weight excluding hydrogens is 496 g/mol. The monoisotopic (exact) mass is 520 g/mol. The topological polar surface area (TPSA) is 59.8 Å². The normalized spacial score (nSPS) is 10.9. The number of nitrogens with one attached hydrogen (secondary N) is 1. The third-order valence-corrected chi connectivity index (χ3v) is 6.90. The van der Waals surface area contributed by atoms with Gasteiger partial charge in [0.2, 0.25) is 5.91 Å². The molecule has 4 aromatic rings. The highest BCUT2D eigenvalue weighted by molar-refractivity contribution is 9.10. The summed E-state index contributed by atoms with van der Waals surface area (Å²) in [5, 5.41) is 12.6. The van der Waals surface area contributed by atoms with Crippen LogP contribution < -0.4 is 5.32 Å². The van der Waals surface area contributed by atoms with Gasteiger partial charge < -0.3 is 5.32 Å². The van der Waals surface area contributed by atoms with Crippen LogP contribution in [0.5, 0.6) is 0 Å². The summed E-state index contributed by atoms with van der Waals surface area (Å²) in [7, 11) is 0. The highest BCUT2D eigenvalue weighted by Gasteiger charge is 2.18. The van der Waals surface area contributed by atoms with Crippen LogP contribution in [0.15, 0.2) is 70.3 Å². The summed E-state index contributed by atoms with van der Waals surface area (Å²) in [5.41, 5.74) is 7.25. The lowest BCUT2D eigenvalue weighted by Gasteiger charge is -2.13. The zero-order valence-corrected chi connectivity index (χ0v) is 21.4. The third-order valence-electron chi connectivity index (χ3n) is 5.51. The maximum atomic E-state index is 12.8. The predicted molar refractivity (Wildman–Crippen MR) is 139 cm³/mol. The van der Waals surface area contributed by atoms with E-state index in [9.17, 15) is 4.79 Å². The van der Waals surface area contributed by atoms with Crippen LogP contribution in [0.2, 0.25) is 0 Å². The molecule has 168 valence electrons. The largest absolute Gasteiger partial charge is 0.325 e. The fourth-order valence-electron chi connectivity index (χ4n) is 3.65. The summed E-state index contributed by atoms with van der Waals surface area (Å²) in [6.07, 6.45) is 0. The zero-order valence-electron chi connectivity index (χ0n) is 19.0. The van der Waals surface area contributed by atoms with Crippen molar-refractivity contribution in [3.63, 3.8) is 0 Å². The van der Waals surface area contributed by atoms with Gasteiger partial charge in [-0.05, 0) is 74.2 Å². The number of carbonyl (C=O) groups is 1. The van der Waals surface area contributed by atoms with E-state index in [1.54, 1.807) is 0 Å². The van der Waals surface area contributed by atoms with Crippen molar-refractivity contribution in [3.05, 3.63) is 87.4 Å². The molecule has 1 N–H and O–H groups in total. The molecule has 7 heteroatoms. The Kier molecular flexibility index (Phi) is 7.00. The maximum Gasteiger partial charge on any atom is 0.234 e. The molecule has 4 rings (SSSR count). The lowest BCUT2D eigenvalue weighted by molar-refractivity contribution is -0.113. The Hall–Kier alpha value is -2.90. The number of aryl methyl sites for hydroxylation is 4. The smallest absolute Gasteiger partial charge is 0.234 e. The van der Waals surface area contributed by atoms with Crippen LogP contribution in [0.4, 0.5) is 5.69 Å². The second-order valence-electron chi connectivity index (χ2n) is 8.03. The molecule has 0 aliphatic heterocycles. The Morgan fingerprint density at radius 2 is 1.61 bits per heavy atom. The number of rotatable bonds is 6. The number of nitrogens with zero attached hydrogens (tertiary/aromatic N) is 3.